The fourth-order valence-electron chi connectivity index (χ4n) is 1.16. The van der Waals surface area contributed by atoms with Gasteiger partial charge in [-0.25, -0.2) is 0 Å². The van der Waals surface area contributed by atoms with Crippen molar-refractivity contribution in [3.8, 4) is 0 Å². The summed E-state index contributed by atoms with van der Waals surface area (Å²) in [4.78, 5) is 0. The highest BCUT2D eigenvalue weighted by Crippen LogP contribution is 2.34. The Bertz CT molecular complexity index is 307. The normalized spacial score (nSPS) is 10.4. The van der Waals surface area contributed by atoms with E-state index >= 15 is 0 Å². The smallest absolute Gasteiger partial charge is 0.0629 e. The monoisotopic (exact) mass is 399 g/mol. The van der Waals surface area contributed by atoms with Crippen LogP contribution in [-0.4, -0.2) is 18.3 Å². The van der Waals surface area contributed by atoms with E-state index < -0.39 is 0 Å². The highest BCUT2D eigenvalue weighted by molar-refractivity contribution is 9.11. The number of nitrogens with one attached hydrogen (secondary N) is 1. The summed E-state index contributed by atoms with van der Waals surface area (Å²) < 4.78 is 3.07. The van der Waals surface area contributed by atoms with Crippen LogP contribution in [0.1, 0.15) is 12.8 Å². The fraction of sp³-hybridized carbons (Fsp3) is 0.400. The van der Waals surface area contributed by atoms with Crippen LogP contribution in [0.15, 0.2) is 25.6 Å². The van der Waals surface area contributed by atoms with Gasteiger partial charge in [0.25, 0.3) is 0 Å². The first kappa shape index (κ1) is 13.5. The Morgan fingerprint density at radius 3 is 2.20 bits per heavy atom. The number of benzene rings is 1. The lowest BCUT2D eigenvalue weighted by Crippen LogP contribution is -2.03. The number of hydrogen-bond acceptors (Lipinski definition) is 2. The molecule has 0 aliphatic rings. The van der Waals surface area contributed by atoms with Crippen molar-refractivity contribution < 1.29 is 5.11 Å². The molecule has 0 amide bonds. The Morgan fingerprint density at radius 2 is 1.67 bits per heavy atom. The molecule has 0 heterocycles. The maximum absolute atomic E-state index is 8.66. The Kier molecular flexibility index (Phi) is 6.19. The zero-order chi connectivity index (χ0) is 11.3. The third-order valence-corrected chi connectivity index (χ3v) is 3.60. The molecule has 0 fully saturated rings. The van der Waals surface area contributed by atoms with Crippen LogP contribution < -0.4 is 5.32 Å². The molecule has 84 valence electrons. The van der Waals surface area contributed by atoms with Gasteiger partial charge in [-0.2, -0.15) is 0 Å². The number of hydrogen-bond donors (Lipinski definition) is 2. The molecule has 0 aliphatic carbocycles. The van der Waals surface area contributed by atoms with Crippen molar-refractivity contribution in [2.45, 2.75) is 12.8 Å². The molecule has 0 aromatic heterocycles. The third-order valence-electron chi connectivity index (χ3n) is 1.89. The second-order valence-electron chi connectivity index (χ2n) is 3.10. The van der Waals surface area contributed by atoms with Crippen molar-refractivity contribution in [1.82, 2.24) is 0 Å². The summed E-state index contributed by atoms with van der Waals surface area (Å²) in [7, 11) is 0. The molecule has 1 rings (SSSR count). The minimum Gasteiger partial charge on any atom is -0.396 e. The lowest BCUT2D eigenvalue weighted by molar-refractivity contribution is 0.286. The predicted molar refractivity (Wildman–Crippen MR) is 74.4 cm³/mol. The average Bonchev–Trinajstić information content (AvgIpc) is 2.15. The quantitative estimate of drug-likeness (QED) is 0.726. The van der Waals surface area contributed by atoms with Crippen molar-refractivity contribution in [3.05, 3.63) is 25.6 Å². The van der Waals surface area contributed by atoms with Crippen molar-refractivity contribution in [1.29, 1.82) is 0 Å². The van der Waals surface area contributed by atoms with Crippen LogP contribution in [0.4, 0.5) is 5.69 Å². The van der Waals surface area contributed by atoms with Gasteiger partial charge < -0.3 is 10.4 Å². The Labute approximate surface area is 115 Å². The molecule has 0 unspecified atom stereocenters. The summed E-state index contributed by atoms with van der Waals surface area (Å²) in [5.74, 6) is 0. The molecule has 0 aliphatic heterocycles. The van der Waals surface area contributed by atoms with E-state index in [1.165, 1.54) is 0 Å². The molecule has 5 heteroatoms. The van der Waals surface area contributed by atoms with E-state index in [1.807, 2.05) is 12.1 Å². The number of aliphatic hydroxyl groups excluding tert-OH is 1. The molecule has 0 radical (unpaired) electrons. The number of anilines is 1. The number of unbranched alkanes of at least 4 members (excludes halogenated alkanes) is 1. The lowest BCUT2D eigenvalue weighted by atomic mass is 10.3. The van der Waals surface area contributed by atoms with Gasteiger partial charge >= 0.3 is 0 Å². The van der Waals surface area contributed by atoms with E-state index in [2.05, 4.69) is 53.1 Å². The first-order chi connectivity index (χ1) is 7.15. The van der Waals surface area contributed by atoms with Crippen LogP contribution in [0.2, 0.25) is 0 Å². The van der Waals surface area contributed by atoms with Gasteiger partial charge in [0, 0.05) is 26.6 Å². The zero-order valence-corrected chi connectivity index (χ0v) is 12.8. The molecule has 0 saturated heterocycles. The van der Waals surface area contributed by atoms with Gasteiger partial charge in [-0.3, -0.25) is 0 Å². The van der Waals surface area contributed by atoms with E-state index in [4.69, 9.17) is 5.11 Å². The molecular weight excluding hydrogens is 390 g/mol. The summed E-state index contributed by atoms with van der Waals surface area (Å²) in [5, 5.41) is 12.0. The average molecular weight is 402 g/mol. The van der Waals surface area contributed by atoms with Crippen LogP contribution in [0.3, 0.4) is 0 Å². The van der Waals surface area contributed by atoms with Crippen LogP contribution in [0, 0.1) is 0 Å². The van der Waals surface area contributed by atoms with Crippen molar-refractivity contribution in [2.75, 3.05) is 18.5 Å². The molecular formula is C10H12Br3NO. The van der Waals surface area contributed by atoms with Crippen molar-refractivity contribution in [3.63, 3.8) is 0 Å². The summed E-state index contributed by atoms with van der Waals surface area (Å²) in [5.41, 5.74) is 1.05. The topological polar surface area (TPSA) is 32.3 Å². The van der Waals surface area contributed by atoms with Gasteiger partial charge in [0.05, 0.1) is 5.69 Å². The second-order valence-corrected chi connectivity index (χ2v) is 5.73. The van der Waals surface area contributed by atoms with Gasteiger partial charge in [-0.15, -0.1) is 0 Å². The van der Waals surface area contributed by atoms with E-state index in [9.17, 15) is 0 Å². The molecule has 0 bridgehead atoms. The molecule has 1 aromatic rings. The first-order valence-electron chi connectivity index (χ1n) is 4.64. The van der Waals surface area contributed by atoms with E-state index in [0.29, 0.717) is 0 Å². The Hall–Kier alpha value is 0.420. The maximum Gasteiger partial charge on any atom is 0.0629 e. The summed E-state index contributed by atoms with van der Waals surface area (Å²) in [6, 6.07) is 4.00. The summed E-state index contributed by atoms with van der Waals surface area (Å²) >= 11 is 10.4. The standard InChI is InChI=1S/C10H12Br3NO/c11-7-5-8(12)10(9(13)6-7)14-3-1-2-4-15/h5-6,14-15H,1-4H2. The highest BCUT2D eigenvalue weighted by Gasteiger charge is 2.05. The molecule has 1 aromatic carbocycles. The van der Waals surface area contributed by atoms with Crippen LogP contribution in [-0.2, 0) is 0 Å². The SMILES string of the molecule is OCCCCNc1c(Br)cc(Br)cc1Br. The molecule has 0 saturated carbocycles. The van der Waals surface area contributed by atoms with Gasteiger partial charge in [0.15, 0.2) is 0 Å². The van der Waals surface area contributed by atoms with Crippen molar-refractivity contribution >= 4 is 53.5 Å². The van der Waals surface area contributed by atoms with Gasteiger partial charge in [-0.1, -0.05) is 15.9 Å². The van der Waals surface area contributed by atoms with Gasteiger partial charge in [-0.05, 0) is 56.8 Å². The lowest BCUT2D eigenvalue weighted by Gasteiger charge is -2.10. The van der Waals surface area contributed by atoms with Gasteiger partial charge in [0.1, 0.15) is 0 Å². The molecule has 15 heavy (non-hydrogen) atoms. The Balaban J connectivity index is 2.60. The van der Waals surface area contributed by atoms with Crippen LogP contribution >= 0.6 is 47.8 Å². The predicted octanol–water partition coefficient (Wildman–Crippen LogP) is 4.16. The van der Waals surface area contributed by atoms with E-state index in [0.717, 1.165) is 38.5 Å². The third kappa shape index (κ3) is 4.43. The largest absolute Gasteiger partial charge is 0.396 e. The fourth-order valence-corrected chi connectivity index (χ4v) is 3.70. The highest BCUT2D eigenvalue weighted by atomic mass is 79.9. The van der Waals surface area contributed by atoms with Crippen molar-refractivity contribution in [2.24, 2.45) is 0 Å². The molecule has 0 atom stereocenters. The molecule has 2 nitrogen and oxygen atoms in total. The number of halogens is 3. The minimum atomic E-state index is 0.254. The first-order valence-corrected chi connectivity index (χ1v) is 7.02. The summed E-state index contributed by atoms with van der Waals surface area (Å²) in [6.45, 7) is 1.11. The van der Waals surface area contributed by atoms with Crippen LogP contribution in [0.5, 0.6) is 0 Å². The zero-order valence-electron chi connectivity index (χ0n) is 8.06. The van der Waals surface area contributed by atoms with Gasteiger partial charge in [0.2, 0.25) is 0 Å². The number of rotatable bonds is 5. The number of aliphatic hydroxyl groups is 1. The van der Waals surface area contributed by atoms with E-state index in [1.54, 1.807) is 0 Å². The molecule has 0 spiro atoms. The molecule has 2 N–H and O–H groups in total. The minimum absolute atomic E-state index is 0.254. The Morgan fingerprint density at radius 1 is 1.07 bits per heavy atom. The van der Waals surface area contributed by atoms with Crippen LogP contribution in [0.25, 0.3) is 0 Å². The van der Waals surface area contributed by atoms with E-state index in [-0.39, 0.29) is 6.61 Å². The second kappa shape index (κ2) is 6.89. The maximum atomic E-state index is 8.66. The summed E-state index contributed by atoms with van der Waals surface area (Å²) in [6.07, 6.45) is 1.80.